The Morgan fingerprint density at radius 1 is 1.29 bits per heavy atom. The molecule has 3 aromatic rings. The number of hydrogen-bond donors (Lipinski definition) is 1. The Labute approximate surface area is 192 Å². The normalized spacial score (nSPS) is 16.6. The Morgan fingerprint density at radius 3 is 2.56 bits per heavy atom. The fourth-order valence-electron chi connectivity index (χ4n) is 3.81. The highest BCUT2D eigenvalue weighted by molar-refractivity contribution is 7.88. The van der Waals surface area contributed by atoms with E-state index in [4.69, 9.17) is 4.74 Å². The van der Waals surface area contributed by atoms with Gasteiger partial charge in [-0.05, 0) is 24.1 Å². The molecule has 4 rings (SSSR count). The SMILES string of the molecule is COc1ccc(Cn2ncc3c(N4CC[C@@H](O)C4)cc(OS(=O)(=O)C(F)(F)F)c(C#N)c32)cc1. The van der Waals surface area contributed by atoms with Gasteiger partial charge in [0.25, 0.3) is 0 Å². The topological polar surface area (TPSA) is 118 Å². The molecule has 1 atom stereocenters. The number of ether oxygens (including phenoxy) is 1. The Balaban J connectivity index is 1.88. The largest absolute Gasteiger partial charge is 0.534 e. The van der Waals surface area contributed by atoms with Crippen molar-refractivity contribution in [2.24, 2.45) is 0 Å². The quantitative estimate of drug-likeness (QED) is 0.409. The zero-order valence-electron chi connectivity index (χ0n) is 17.8. The number of hydrogen-bond acceptors (Lipinski definition) is 8. The molecule has 1 N–H and O–H groups in total. The van der Waals surface area contributed by atoms with Crippen LogP contribution >= 0.6 is 0 Å². The van der Waals surface area contributed by atoms with Gasteiger partial charge in [-0.25, -0.2) is 0 Å². The summed E-state index contributed by atoms with van der Waals surface area (Å²) < 4.78 is 73.5. The van der Waals surface area contributed by atoms with Gasteiger partial charge in [-0.1, -0.05) is 12.1 Å². The number of aliphatic hydroxyl groups is 1. The van der Waals surface area contributed by atoms with Crippen LogP contribution in [0.25, 0.3) is 10.9 Å². The first-order chi connectivity index (χ1) is 16.0. The van der Waals surface area contributed by atoms with E-state index < -0.39 is 33.0 Å². The summed E-state index contributed by atoms with van der Waals surface area (Å²) >= 11 is 0. The number of rotatable bonds is 6. The van der Waals surface area contributed by atoms with Crippen LogP contribution in [0.2, 0.25) is 0 Å². The van der Waals surface area contributed by atoms with Crippen molar-refractivity contribution >= 4 is 26.7 Å². The van der Waals surface area contributed by atoms with Gasteiger partial charge >= 0.3 is 15.6 Å². The van der Waals surface area contributed by atoms with Crippen LogP contribution in [0.15, 0.2) is 36.5 Å². The van der Waals surface area contributed by atoms with E-state index in [1.807, 2.05) is 0 Å². The average Bonchev–Trinajstić information content (AvgIpc) is 3.39. The lowest BCUT2D eigenvalue weighted by atomic mass is 10.1. The molecule has 0 spiro atoms. The van der Waals surface area contributed by atoms with Crippen molar-refractivity contribution in [3.63, 3.8) is 0 Å². The van der Waals surface area contributed by atoms with Crippen LogP contribution in [-0.2, 0) is 16.7 Å². The van der Waals surface area contributed by atoms with Crippen LogP contribution in [0.4, 0.5) is 18.9 Å². The van der Waals surface area contributed by atoms with E-state index >= 15 is 0 Å². The van der Waals surface area contributed by atoms with Crippen LogP contribution in [0.5, 0.6) is 11.5 Å². The summed E-state index contributed by atoms with van der Waals surface area (Å²) in [5.41, 5.74) is -4.91. The molecule has 0 bridgehead atoms. The highest BCUT2D eigenvalue weighted by Crippen LogP contribution is 2.39. The van der Waals surface area contributed by atoms with Crippen molar-refractivity contribution in [3.05, 3.63) is 47.7 Å². The molecule has 1 saturated heterocycles. The zero-order valence-corrected chi connectivity index (χ0v) is 18.6. The molecule has 0 amide bonds. The van der Waals surface area contributed by atoms with E-state index in [0.717, 1.165) is 11.6 Å². The summed E-state index contributed by atoms with van der Waals surface area (Å²) in [7, 11) is -4.51. The van der Waals surface area contributed by atoms with E-state index in [1.165, 1.54) is 18.0 Å². The number of benzene rings is 2. The monoisotopic (exact) mass is 496 g/mol. The standard InChI is InChI=1S/C21H19F3N4O5S/c1-32-15-4-2-13(3-5-15)11-28-20-16(9-25)19(33-34(30,31)21(22,23)24)8-18(17(20)10-26-28)27-7-6-14(29)12-27/h2-5,8,10,14,29H,6-7,11-12H2,1H3/t14-/m1/s1. The molecule has 34 heavy (non-hydrogen) atoms. The minimum Gasteiger partial charge on any atom is -0.497 e. The lowest BCUT2D eigenvalue weighted by Crippen LogP contribution is -2.28. The highest BCUT2D eigenvalue weighted by Gasteiger charge is 2.49. The Kier molecular flexibility index (Phi) is 6.05. The summed E-state index contributed by atoms with van der Waals surface area (Å²) in [6.45, 7) is 0.688. The van der Waals surface area contributed by atoms with Gasteiger partial charge in [0.2, 0.25) is 0 Å². The first-order valence-electron chi connectivity index (χ1n) is 10.0. The van der Waals surface area contributed by atoms with E-state index in [0.29, 0.717) is 29.8 Å². The van der Waals surface area contributed by atoms with Crippen molar-refractivity contribution in [2.45, 2.75) is 24.6 Å². The number of nitrogens with zero attached hydrogens (tertiary/aromatic N) is 4. The third kappa shape index (κ3) is 4.34. The molecular formula is C21H19F3N4O5S. The second kappa shape index (κ2) is 8.69. The second-order valence-corrected chi connectivity index (χ2v) is 9.20. The van der Waals surface area contributed by atoms with E-state index in [1.54, 1.807) is 35.2 Å². The highest BCUT2D eigenvalue weighted by atomic mass is 32.2. The van der Waals surface area contributed by atoms with Gasteiger partial charge in [0, 0.05) is 24.5 Å². The minimum absolute atomic E-state index is 0.115. The summed E-state index contributed by atoms with van der Waals surface area (Å²) in [4.78, 5) is 1.68. The van der Waals surface area contributed by atoms with Crippen molar-refractivity contribution in [3.8, 4) is 17.6 Å². The molecular weight excluding hydrogens is 477 g/mol. The molecule has 0 aliphatic carbocycles. The summed E-state index contributed by atoms with van der Waals surface area (Å²) in [5, 5.41) is 24.4. The van der Waals surface area contributed by atoms with Gasteiger partial charge < -0.3 is 18.9 Å². The Hall–Kier alpha value is -3.50. The Morgan fingerprint density at radius 2 is 2.00 bits per heavy atom. The minimum atomic E-state index is -6.03. The van der Waals surface area contributed by atoms with Crippen LogP contribution < -0.4 is 13.8 Å². The molecule has 13 heteroatoms. The summed E-state index contributed by atoms with van der Waals surface area (Å²) in [6, 6.07) is 9.78. The van der Waals surface area contributed by atoms with Crippen molar-refractivity contribution in [1.82, 2.24) is 9.78 Å². The number of aromatic nitrogens is 2. The molecule has 0 saturated carbocycles. The summed E-state index contributed by atoms with van der Waals surface area (Å²) in [5.74, 6) is -0.144. The predicted octanol–water partition coefficient (Wildman–Crippen LogP) is 2.76. The third-order valence-electron chi connectivity index (χ3n) is 5.46. The molecule has 0 unspecified atom stereocenters. The lowest BCUT2D eigenvalue weighted by Gasteiger charge is -2.21. The molecule has 1 fully saturated rings. The molecule has 2 heterocycles. The van der Waals surface area contributed by atoms with Crippen molar-refractivity contribution < 1.29 is 35.6 Å². The first-order valence-corrected chi connectivity index (χ1v) is 11.4. The smallest absolute Gasteiger partial charge is 0.497 e. The zero-order chi connectivity index (χ0) is 24.7. The number of β-amino-alcohol motifs (C(OH)–C–C–N with tert-alkyl or cyclic N) is 1. The summed E-state index contributed by atoms with van der Waals surface area (Å²) in [6.07, 6.45) is 1.20. The van der Waals surface area contributed by atoms with Crippen LogP contribution in [0.1, 0.15) is 17.5 Å². The molecule has 180 valence electrons. The van der Waals surface area contributed by atoms with E-state index in [-0.39, 0.29) is 18.6 Å². The van der Waals surface area contributed by atoms with Gasteiger partial charge in [0.1, 0.15) is 17.4 Å². The third-order valence-corrected chi connectivity index (χ3v) is 6.42. The molecule has 9 nitrogen and oxygen atoms in total. The van der Waals surface area contributed by atoms with Crippen LogP contribution in [-0.4, -0.2) is 55.1 Å². The average molecular weight is 496 g/mol. The van der Waals surface area contributed by atoms with E-state index in [2.05, 4.69) is 9.28 Å². The van der Waals surface area contributed by atoms with Crippen molar-refractivity contribution in [1.29, 1.82) is 5.26 Å². The van der Waals surface area contributed by atoms with Gasteiger partial charge in [-0.2, -0.15) is 31.9 Å². The van der Waals surface area contributed by atoms with Gasteiger partial charge in [0.15, 0.2) is 5.75 Å². The number of fused-ring (bicyclic) bond motifs is 1. The predicted molar refractivity (Wildman–Crippen MR) is 115 cm³/mol. The molecule has 1 aliphatic rings. The maximum Gasteiger partial charge on any atom is 0.534 e. The number of methoxy groups -OCH3 is 1. The maximum atomic E-state index is 13.0. The van der Waals surface area contributed by atoms with E-state index in [9.17, 15) is 32.0 Å². The fourth-order valence-corrected chi connectivity index (χ4v) is 4.27. The van der Waals surface area contributed by atoms with Gasteiger partial charge in [-0.15, -0.1) is 0 Å². The number of anilines is 1. The van der Waals surface area contributed by atoms with Crippen LogP contribution in [0, 0.1) is 11.3 Å². The number of alkyl halides is 3. The molecule has 1 aliphatic heterocycles. The number of aliphatic hydroxyl groups excluding tert-OH is 1. The fraction of sp³-hybridized carbons (Fsp3) is 0.333. The maximum absolute atomic E-state index is 13.0. The van der Waals surface area contributed by atoms with Crippen molar-refractivity contribution in [2.75, 3.05) is 25.1 Å². The Bertz CT molecular complexity index is 1360. The number of nitriles is 1. The number of halogens is 3. The molecule has 0 radical (unpaired) electrons. The lowest BCUT2D eigenvalue weighted by molar-refractivity contribution is -0.0500. The van der Waals surface area contributed by atoms with Gasteiger partial charge in [0.05, 0.1) is 37.2 Å². The van der Waals surface area contributed by atoms with Gasteiger partial charge in [-0.3, -0.25) is 4.68 Å². The molecule has 2 aromatic carbocycles. The molecule has 1 aromatic heterocycles. The first kappa shape index (κ1) is 23.7. The van der Waals surface area contributed by atoms with Crippen LogP contribution in [0.3, 0.4) is 0 Å². The second-order valence-electron chi connectivity index (χ2n) is 7.66.